The van der Waals surface area contributed by atoms with Crippen LogP contribution in [0.5, 0.6) is 5.75 Å². The zero-order chi connectivity index (χ0) is 26.8. The number of nitrogens with one attached hydrogen (secondary N) is 3. The van der Waals surface area contributed by atoms with Crippen LogP contribution in [0, 0.1) is 0 Å². The van der Waals surface area contributed by atoms with E-state index in [4.69, 9.17) is 15.2 Å². The summed E-state index contributed by atoms with van der Waals surface area (Å²) >= 11 is 0. The SMILES string of the molecule is CCOCCNC(=O)[C@@H]1CC(=O)N[C@@H](CCC(N)=O)C(=O)N2CCC[C@@H]2COc2ccccc2C(=O)N1. The second-order valence-corrected chi connectivity index (χ2v) is 8.98. The molecule has 3 atom stereocenters. The Labute approximate surface area is 215 Å². The van der Waals surface area contributed by atoms with E-state index in [2.05, 4.69) is 16.0 Å². The van der Waals surface area contributed by atoms with E-state index in [0.29, 0.717) is 25.3 Å². The summed E-state index contributed by atoms with van der Waals surface area (Å²) in [7, 11) is 0. The van der Waals surface area contributed by atoms with Crippen molar-refractivity contribution >= 4 is 29.5 Å². The van der Waals surface area contributed by atoms with E-state index in [9.17, 15) is 24.0 Å². The summed E-state index contributed by atoms with van der Waals surface area (Å²) in [6.07, 6.45) is 0.948. The molecular formula is C25H35N5O7. The van der Waals surface area contributed by atoms with Crippen LogP contribution in [-0.2, 0) is 23.9 Å². The van der Waals surface area contributed by atoms with Crippen molar-refractivity contribution in [3.8, 4) is 5.75 Å². The van der Waals surface area contributed by atoms with Crippen molar-refractivity contribution in [3.05, 3.63) is 29.8 Å². The third-order valence-corrected chi connectivity index (χ3v) is 6.30. The molecule has 12 heteroatoms. The fourth-order valence-electron chi connectivity index (χ4n) is 4.41. The predicted molar refractivity (Wildman–Crippen MR) is 132 cm³/mol. The Hall–Kier alpha value is -3.67. The molecule has 37 heavy (non-hydrogen) atoms. The number of ether oxygens (including phenoxy) is 2. The van der Waals surface area contributed by atoms with Crippen molar-refractivity contribution in [1.82, 2.24) is 20.9 Å². The molecule has 2 aliphatic heterocycles. The first-order chi connectivity index (χ1) is 17.8. The van der Waals surface area contributed by atoms with Crippen molar-refractivity contribution in [1.29, 1.82) is 0 Å². The van der Waals surface area contributed by atoms with Gasteiger partial charge in [0.2, 0.25) is 23.6 Å². The van der Waals surface area contributed by atoms with Crippen LogP contribution in [0.1, 0.15) is 49.4 Å². The molecule has 0 aliphatic carbocycles. The van der Waals surface area contributed by atoms with Gasteiger partial charge in [-0.15, -0.1) is 0 Å². The predicted octanol–water partition coefficient (Wildman–Crippen LogP) is -0.538. The minimum atomic E-state index is -1.23. The number of fused-ring (bicyclic) bond motifs is 2. The van der Waals surface area contributed by atoms with E-state index in [0.717, 1.165) is 6.42 Å². The molecule has 0 spiro atoms. The summed E-state index contributed by atoms with van der Waals surface area (Å²) in [6, 6.07) is 4.11. The molecule has 0 unspecified atom stereocenters. The average Bonchev–Trinajstić information content (AvgIpc) is 3.35. The fraction of sp³-hybridized carbons (Fsp3) is 0.560. The zero-order valence-electron chi connectivity index (χ0n) is 21.0. The van der Waals surface area contributed by atoms with Gasteiger partial charge in [-0.05, 0) is 38.3 Å². The maximum Gasteiger partial charge on any atom is 0.255 e. The first-order valence-corrected chi connectivity index (χ1v) is 12.6. The lowest BCUT2D eigenvalue weighted by Gasteiger charge is -2.30. The summed E-state index contributed by atoms with van der Waals surface area (Å²) in [6.45, 7) is 3.39. The number of hydrogen-bond acceptors (Lipinski definition) is 7. The highest BCUT2D eigenvalue weighted by Gasteiger charge is 2.36. The standard InChI is InChI=1S/C25H35N5O7/c1-2-36-13-11-27-24(34)19-14-22(32)28-18(9-10-21(26)31)25(35)30-12-5-6-16(30)15-37-20-8-4-3-7-17(20)23(33)29-19/h3-4,7-8,16,18-19H,2,5-6,9-15H2,1H3,(H2,26,31)(H,27,34)(H,28,32)(H,29,33)/t16-,18+,19+/m1/s1. The number of para-hydroxylation sites is 1. The normalized spacial score (nSPS) is 22.6. The van der Waals surface area contributed by atoms with Crippen molar-refractivity contribution in [2.45, 2.75) is 57.2 Å². The lowest BCUT2D eigenvalue weighted by molar-refractivity contribution is -0.138. The molecule has 1 fully saturated rings. The molecule has 0 saturated carbocycles. The molecule has 3 rings (SSSR count). The Bertz CT molecular complexity index is 1000. The van der Waals surface area contributed by atoms with Crippen LogP contribution in [0.25, 0.3) is 0 Å². The van der Waals surface area contributed by atoms with Gasteiger partial charge in [0.05, 0.1) is 24.6 Å². The quantitative estimate of drug-likeness (QED) is 0.336. The number of nitrogens with zero attached hydrogens (tertiary/aromatic N) is 1. The van der Waals surface area contributed by atoms with Gasteiger partial charge >= 0.3 is 0 Å². The topological polar surface area (TPSA) is 169 Å². The van der Waals surface area contributed by atoms with Crippen LogP contribution < -0.4 is 26.4 Å². The summed E-state index contributed by atoms with van der Waals surface area (Å²) in [5, 5.41) is 7.92. The molecule has 0 bridgehead atoms. The Morgan fingerprint density at radius 1 is 1.22 bits per heavy atom. The zero-order valence-corrected chi connectivity index (χ0v) is 21.0. The molecule has 1 saturated heterocycles. The number of carbonyl (C=O) groups is 5. The Kier molecular flexibility index (Phi) is 10.2. The molecule has 2 heterocycles. The van der Waals surface area contributed by atoms with Crippen molar-refractivity contribution < 1.29 is 33.4 Å². The lowest BCUT2D eigenvalue weighted by atomic mass is 10.1. The average molecular weight is 518 g/mol. The molecule has 202 valence electrons. The number of primary amides is 1. The smallest absolute Gasteiger partial charge is 0.255 e. The maximum absolute atomic E-state index is 13.4. The van der Waals surface area contributed by atoms with Gasteiger partial charge in [-0.1, -0.05) is 12.1 Å². The number of nitrogens with two attached hydrogens (primary N) is 1. The highest BCUT2D eigenvalue weighted by atomic mass is 16.5. The van der Waals surface area contributed by atoms with Gasteiger partial charge < -0.3 is 36.1 Å². The number of benzene rings is 1. The van der Waals surface area contributed by atoms with Gasteiger partial charge in [-0.2, -0.15) is 0 Å². The molecule has 2 aliphatic rings. The van der Waals surface area contributed by atoms with Gasteiger partial charge in [-0.25, -0.2) is 0 Å². The Morgan fingerprint density at radius 2 is 2.00 bits per heavy atom. The summed E-state index contributed by atoms with van der Waals surface area (Å²) in [5.74, 6) is -2.40. The highest BCUT2D eigenvalue weighted by Crippen LogP contribution is 2.24. The van der Waals surface area contributed by atoms with Gasteiger partial charge in [-0.3, -0.25) is 24.0 Å². The van der Waals surface area contributed by atoms with Gasteiger partial charge in [0.25, 0.3) is 5.91 Å². The van der Waals surface area contributed by atoms with E-state index in [-0.39, 0.29) is 50.1 Å². The van der Waals surface area contributed by atoms with E-state index in [1.54, 1.807) is 29.2 Å². The Morgan fingerprint density at radius 3 is 2.76 bits per heavy atom. The molecule has 5 N–H and O–H groups in total. The monoisotopic (exact) mass is 517 g/mol. The van der Waals surface area contributed by atoms with Gasteiger partial charge in [0.15, 0.2) is 0 Å². The molecule has 5 amide bonds. The van der Waals surface area contributed by atoms with Crippen LogP contribution >= 0.6 is 0 Å². The minimum Gasteiger partial charge on any atom is -0.491 e. The number of amides is 5. The number of rotatable bonds is 8. The summed E-state index contributed by atoms with van der Waals surface area (Å²) < 4.78 is 11.2. The summed E-state index contributed by atoms with van der Waals surface area (Å²) in [5.41, 5.74) is 5.50. The molecule has 1 aromatic carbocycles. The van der Waals surface area contributed by atoms with Gasteiger partial charge in [0.1, 0.15) is 24.4 Å². The van der Waals surface area contributed by atoms with Crippen molar-refractivity contribution in [2.75, 3.05) is 32.9 Å². The van der Waals surface area contributed by atoms with Crippen molar-refractivity contribution in [2.24, 2.45) is 5.73 Å². The van der Waals surface area contributed by atoms with E-state index >= 15 is 0 Å². The molecule has 0 radical (unpaired) electrons. The van der Waals surface area contributed by atoms with E-state index in [1.807, 2.05) is 6.92 Å². The number of carbonyl (C=O) groups excluding carboxylic acids is 5. The maximum atomic E-state index is 13.4. The van der Waals surface area contributed by atoms with Crippen LogP contribution in [0.4, 0.5) is 0 Å². The molecule has 0 aromatic heterocycles. The highest BCUT2D eigenvalue weighted by molar-refractivity contribution is 6.01. The van der Waals surface area contributed by atoms with Crippen LogP contribution in [0.3, 0.4) is 0 Å². The second-order valence-electron chi connectivity index (χ2n) is 8.98. The summed E-state index contributed by atoms with van der Waals surface area (Å²) in [4.78, 5) is 65.5. The lowest BCUT2D eigenvalue weighted by Crippen LogP contribution is -2.54. The largest absolute Gasteiger partial charge is 0.491 e. The van der Waals surface area contributed by atoms with Crippen LogP contribution in [0.2, 0.25) is 0 Å². The molecular weight excluding hydrogens is 482 g/mol. The first kappa shape index (κ1) is 27.9. The molecule has 12 nitrogen and oxygen atoms in total. The third-order valence-electron chi connectivity index (χ3n) is 6.30. The van der Waals surface area contributed by atoms with Crippen LogP contribution in [0.15, 0.2) is 24.3 Å². The second kappa shape index (κ2) is 13.6. The Balaban J connectivity index is 1.89. The minimum absolute atomic E-state index is 0.0183. The van der Waals surface area contributed by atoms with E-state index in [1.165, 1.54) is 0 Å². The first-order valence-electron chi connectivity index (χ1n) is 12.6. The van der Waals surface area contributed by atoms with Crippen molar-refractivity contribution in [3.63, 3.8) is 0 Å². The third kappa shape index (κ3) is 7.91. The van der Waals surface area contributed by atoms with Crippen LogP contribution in [-0.4, -0.2) is 85.5 Å². The van der Waals surface area contributed by atoms with E-state index < -0.39 is 42.1 Å². The number of hydrogen-bond donors (Lipinski definition) is 4. The molecule has 1 aromatic rings. The van der Waals surface area contributed by atoms with Gasteiger partial charge in [0, 0.05) is 26.1 Å². The fourth-order valence-corrected chi connectivity index (χ4v) is 4.41.